The maximum Gasteiger partial charge on any atom is 0.0281 e. The lowest BCUT2D eigenvalue weighted by molar-refractivity contribution is 0.0562. The van der Waals surface area contributed by atoms with E-state index in [1.54, 1.807) is 0 Å². The molecule has 2 rings (SSSR count). The fourth-order valence-electron chi connectivity index (χ4n) is 2.90. The molecule has 0 bridgehead atoms. The van der Waals surface area contributed by atoms with E-state index < -0.39 is 0 Å². The number of rotatable bonds is 4. The van der Waals surface area contributed by atoms with Crippen molar-refractivity contribution in [2.45, 2.75) is 58.7 Å². The predicted octanol–water partition coefficient (Wildman–Crippen LogP) is 3.35. The Bertz CT molecular complexity index is 411. The summed E-state index contributed by atoms with van der Waals surface area (Å²) in [5.41, 5.74) is 3.11. The van der Waals surface area contributed by atoms with Gasteiger partial charge in [-0.25, -0.2) is 0 Å². The second-order valence-electron chi connectivity index (χ2n) is 6.49. The van der Waals surface area contributed by atoms with Crippen LogP contribution in [0.4, 0.5) is 0 Å². The van der Waals surface area contributed by atoms with Gasteiger partial charge in [-0.1, -0.05) is 37.6 Å². The molecule has 1 aliphatic rings. The van der Waals surface area contributed by atoms with Crippen molar-refractivity contribution in [3.8, 4) is 0 Å². The quantitative estimate of drug-likeness (QED) is 0.893. The second-order valence-corrected chi connectivity index (χ2v) is 6.49. The van der Waals surface area contributed by atoms with Crippen molar-refractivity contribution in [2.24, 2.45) is 0 Å². The molecule has 0 aromatic heterocycles. The summed E-state index contributed by atoms with van der Waals surface area (Å²) < 4.78 is 0. The van der Waals surface area contributed by atoms with Gasteiger partial charge in [-0.15, -0.1) is 0 Å². The van der Waals surface area contributed by atoms with Gasteiger partial charge < -0.3 is 5.32 Å². The van der Waals surface area contributed by atoms with E-state index >= 15 is 0 Å². The number of hydrogen-bond acceptors (Lipinski definition) is 2. The van der Waals surface area contributed by atoms with E-state index in [2.05, 4.69) is 62.2 Å². The minimum atomic E-state index is 0.243. The average Bonchev–Trinajstić information content (AvgIpc) is 2.36. The smallest absolute Gasteiger partial charge is 0.0281 e. The van der Waals surface area contributed by atoms with Crippen LogP contribution in [0.15, 0.2) is 24.3 Å². The van der Waals surface area contributed by atoms with Gasteiger partial charge in [0.05, 0.1) is 0 Å². The molecular formula is C17H28N2. The van der Waals surface area contributed by atoms with E-state index in [1.807, 2.05) is 0 Å². The first-order valence-electron chi connectivity index (χ1n) is 7.56. The first kappa shape index (κ1) is 14.5. The Kier molecular flexibility index (Phi) is 4.64. The highest BCUT2D eigenvalue weighted by molar-refractivity contribution is 5.25. The summed E-state index contributed by atoms with van der Waals surface area (Å²) in [5, 5.41) is 3.70. The Hall–Kier alpha value is -0.860. The Balaban J connectivity index is 2.09. The van der Waals surface area contributed by atoms with Crippen LogP contribution in [0.25, 0.3) is 0 Å². The lowest BCUT2D eigenvalue weighted by Crippen LogP contribution is -2.61. The van der Waals surface area contributed by atoms with Gasteiger partial charge in [0.15, 0.2) is 0 Å². The van der Waals surface area contributed by atoms with Crippen molar-refractivity contribution in [1.82, 2.24) is 10.2 Å². The average molecular weight is 260 g/mol. The number of benzene rings is 1. The van der Waals surface area contributed by atoms with Crippen LogP contribution in [0.5, 0.6) is 0 Å². The van der Waals surface area contributed by atoms with E-state index in [9.17, 15) is 0 Å². The third-order valence-electron chi connectivity index (χ3n) is 4.38. The highest BCUT2D eigenvalue weighted by atomic mass is 15.3. The van der Waals surface area contributed by atoms with E-state index in [4.69, 9.17) is 0 Å². The van der Waals surface area contributed by atoms with Crippen LogP contribution < -0.4 is 5.32 Å². The van der Waals surface area contributed by atoms with Crippen molar-refractivity contribution in [3.05, 3.63) is 35.4 Å². The van der Waals surface area contributed by atoms with E-state index in [0.717, 1.165) is 19.6 Å². The summed E-state index contributed by atoms with van der Waals surface area (Å²) in [6.45, 7) is 12.5. The van der Waals surface area contributed by atoms with Gasteiger partial charge >= 0.3 is 0 Å². The minimum absolute atomic E-state index is 0.243. The second kappa shape index (κ2) is 6.06. The standard InChI is InChI=1S/C17H28N2/c1-5-8-16-12-19(17(3,4)13-18-16)11-15-10-7-6-9-14(15)2/h6-7,9-10,16,18H,5,8,11-13H2,1-4H3. The molecular weight excluding hydrogens is 232 g/mol. The summed E-state index contributed by atoms with van der Waals surface area (Å²) in [6.07, 6.45) is 2.54. The van der Waals surface area contributed by atoms with Crippen molar-refractivity contribution < 1.29 is 0 Å². The van der Waals surface area contributed by atoms with Crippen molar-refractivity contribution in [3.63, 3.8) is 0 Å². The molecule has 0 aliphatic carbocycles. The zero-order valence-electron chi connectivity index (χ0n) is 12.9. The summed E-state index contributed by atoms with van der Waals surface area (Å²) in [5.74, 6) is 0. The molecule has 1 unspecified atom stereocenters. The third kappa shape index (κ3) is 3.58. The maximum atomic E-state index is 3.70. The zero-order valence-corrected chi connectivity index (χ0v) is 12.9. The normalized spacial score (nSPS) is 23.5. The van der Waals surface area contributed by atoms with Crippen molar-refractivity contribution >= 4 is 0 Å². The van der Waals surface area contributed by atoms with Crippen LogP contribution in [-0.2, 0) is 6.54 Å². The molecule has 2 nitrogen and oxygen atoms in total. The summed E-state index contributed by atoms with van der Waals surface area (Å²) in [4.78, 5) is 2.64. The Morgan fingerprint density at radius 1 is 1.32 bits per heavy atom. The monoisotopic (exact) mass is 260 g/mol. The molecule has 1 aromatic rings. The minimum Gasteiger partial charge on any atom is -0.311 e. The largest absolute Gasteiger partial charge is 0.311 e. The van der Waals surface area contributed by atoms with E-state index in [-0.39, 0.29) is 5.54 Å². The molecule has 1 aliphatic heterocycles. The predicted molar refractivity (Wildman–Crippen MR) is 82.4 cm³/mol. The molecule has 0 amide bonds. The van der Waals surface area contributed by atoms with E-state index in [1.165, 1.54) is 24.0 Å². The van der Waals surface area contributed by atoms with Crippen molar-refractivity contribution in [2.75, 3.05) is 13.1 Å². The number of aryl methyl sites for hydroxylation is 1. The molecule has 2 heteroatoms. The highest BCUT2D eigenvalue weighted by Gasteiger charge is 2.33. The Labute approximate surface area is 118 Å². The van der Waals surface area contributed by atoms with Crippen LogP contribution in [0, 0.1) is 6.92 Å². The van der Waals surface area contributed by atoms with Crippen molar-refractivity contribution in [1.29, 1.82) is 0 Å². The molecule has 0 spiro atoms. The number of hydrogen-bond donors (Lipinski definition) is 1. The van der Waals surface area contributed by atoms with Gasteiger partial charge in [0, 0.05) is 31.2 Å². The molecule has 19 heavy (non-hydrogen) atoms. The molecule has 106 valence electrons. The molecule has 1 aromatic carbocycles. The van der Waals surface area contributed by atoms with Crippen LogP contribution in [0.2, 0.25) is 0 Å². The van der Waals surface area contributed by atoms with Gasteiger partial charge in [-0.05, 0) is 38.3 Å². The number of nitrogens with zero attached hydrogens (tertiary/aromatic N) is 1. The van der Waals surface area contributed by atoms with Crippen LogP contribution >= 0.6 is 0 Å². The van der Waals surface area contributed by atoms with Crippen LogP contribution in [0.3, 0.4) is 0 Å². The number of nitrogens with one attached hydrogen (secondary N) is 1. The molecule has 1 atom stereocenters. The maximum absolute atomic E-state index is 3.70. The van der Waals surface area contributed by atoms with E-state index in [0.29, 0.717) is 6.04 Å². The molecule has 0 saturated carbocycles. The summed E-state index contributed by atoms with van der Waals surface area (Å²) >= 11 is 0. The highest BCUT2D eigenvalue weighted by Crippen LogP contribution is 2.23. The molecule has 0 radical (unpaired) electrons. The molecule has 1 saturated heterocycles. The summed E-state index contributed by atoms with van der Waals surface area (Å²) in [6, 6.07) is 9.42. The van der Waals surface area contributed by atoms with Gasteiger partial charge in [0.2, 0.25) is 0 Å². The van der Waals surface area contributed by atoms with Crippen LogP contribution in [-0.4, -0.2) is 29.6 Å². The van der Waals surface area contributed by atoms with Gasteiger partial charge in [0.1, 0.15) is 0 Å². The first-order valence-corrected chi connectivity index (χ1v) is 7.56. The molecule has 1 fully saturated rings. The Morgan fingerprint density at radius 2 is 2.05 bits per heavy atom. The van der Waals surface area contributed by atoms with Gasteiger partial charge in [-0.2, -0.15) is 0 Å². The zero-order chi connectivity index (χ0) is 13.9. The fourth-order valence-corrected chi connectivity index (χ4v) is 2.90. The topological polar surface area (TPSA) is 15.3 Å². The molecule has 1 heterocycles. The SMILES string of the molecule is CCCC1CN(Cc2ccccc2C)C(C)(C)CN1. The first-order chi connectivity index (χ1) is 9.03. The van der Waals surface area contributed by atoms with Gasteiger partial charge in [-0.3, -0.25) is 4.90 Å². The fraction of sp³-hybridized carbons (Fsp3) is 0.647. The third-order valence-corrected chi connectivity index (χ3v) is 4.38. The summed E-state index contributed by atoms with van der Waals surface area (Å²) in [7, 11) is 0. The Morgan fingerprint density at radius 3 is 2.74 bits per heavy atom. The lowest BCUT2D eigenvalue weighted by atomic mass is 9.94. The van der Waals surface area contributed by atoms with Crippen LogP contribution in [0.1, 0.15) is 44.7 Å². The lowest BCUT2D eigenvalue weighted by Gasteiger charge is -2.46. The molecule has 1 N–H and O–H groups in total. The van der Waals surface area contributed by atoms with Gasteiger partial charge in [0.25, 0.3) is 0 Å². The number of piperazine rings is 1.